The summed E-state index contributed by atoms with van der Waals surface area (Å²) >= 11 is 0. The van der Waals surface area contributed by atoms with E-state index in [1.807, 2.05) is 6.92 Å². The second-order valence-corrected chi connectivity index (χ2v) is 6.06. The molecule has 0 unspecified atom stereocenters. The number of pyridine rings is 1. The third kappa shape index (κ3) is 2.75. The van der Waals surface area contributed by atoms with Crippen molar-refractivity contribution in [2.24, 2.45) is 12.8 Å². The molecule has 0 aromatic carbocycles. The Kier molecular flexibility index (Phi) is 3.83. The van der Waals surface area contributed by atoms with Gasteiger partial charge in [-0.05, 0) is 26.0 Å². The van der Waals surface area contributed by atoms with E-state index in [1.54, 1.807) is 17.8 Å². The van der Waals surface area contributed by atoms with Crippen molar-refractivity contribution in [1.29, 1.82) is 0 Å². The van der Waals surface area contributed by atoms with Crippen LogP contribution in [-0.2, 0) is 17.1 Å². The smallest absolute Gasteiger partial charge is 0.242 e. The molecule has 0 aliphatic rings. The summed E-state index contributed by atoms with van der Waals surface area (Å²) in [7, 11) is -1.76. The Balaban J connectivity index is 2.37. The van der Waals surface area contributed by atoms with Crippen LogP contribution < -0.4 is 10.5 Å². The van der Waals surface area contributed by atoms with Crippen LogP contribution >= 0.6 is 0 Å². The fourth-order valence-electron chi connectivity index (χ4n) is 1.83. The van der Waals surface area contributed by atoms with Crippen LogP contribution in [0.1, 0.15) is 12.1 Å². The molecule has 0 radical (unpaired) electrons. The molecular formula is C11H17N5O2S. The molecule has 2 aromatic heterocycles. The van der Waals surface area contributed by atoms with E-state index in [4.69, 9.17) is 5.73 Å². The third-order valence-electron chi connectivity index (χ3n) is 2.82. The van der Waals surface area contributed by atoms with Crippen molar-refractivity contribution < 1.29 is 8.42 Å². The van der Waals surface area contributed by atoms with E-state index in [2.05, 4.69) is 14.8 Å². The Morgan fingerprint density at radius 2 is 2.21 bits per heavy atom. The van der Waals surface area contributed by atoms with E-state index in [-0.39, 0.29) is 4.90 Å². The van der Waals surface area contributed by atoms with Crippen LogP contribution in [0.3, 0.4) is 0 Å². The fraction of sp³-hybridized carbons (Fsp3) is 0.455. The Labute approximate surface area is 111 Å². The molecule has 0 saturated carbocycles. The van der Waals surface area contributed by atoms with Crippen molar-refractivity contribution in [3.63, 3.8) is 0 Å². The van der Waals surface area contributed by atoms with Crippen molar-refractivity contribution in [2.75, 3.05) is 13.1 Å². The molecule has 3 N–H and O–H groups in total. The van der Waals surface area contributed by atoms with Gasteiger partial charge in [-0.25, -0.2) is 18.1 Å². The van der Waals surface area contributed by atoms with E-state index in [0.717, 1.165) is 11.1 Å². The molecule has 8 heteroatoms. The second-order valence-electron chi connectivity index (χ2n) is 4.29. The van der Waals surface area contributed by atoms with E-state index in [9.17, 15) is 8.42 Å². The second kappa shape index (κ2) is 5.24. The topological polar surface area (TPSA) is 103 Å². The first-order chi connectivity index (χ1) is 8.95. The number of rotatable bonds is 5. The van der Waals surface area contributed by atoms with Crippen LogP contribution in [0.15, 0.2) is 17.2 Å². The summed E-state index contributed by atoms with van der Waals surface area (Å²) in [6.07, 6.45) is 1.94. The van der Waals surface area contributed by atoms with Crippen LogP contribution in [0.2, 0.25) is 0 Å². The summed E-state index contributed by atoms with van der Waals surface area (Å²) < 4.78 is 28.2. The summed E-state index contributed by atoms with van der Waals surface area (Å²) in [4.78, 5) is 4.30. The van der Waals surface area contributed by atoms with Gasteiger partial charge < -0.3 is 5.73 Å². The molecule has 0 spiro atoms. The lowest BCUT2D eigenvalue weighted by Crippen LogP contribution is -2.26. The molecule has 0 amide bonds. The first kappa shape index (κ1) is 13.9. The number of hydrogen-bond acceptors (Lipinski definition) is 5. The Morgan fingerprint density at radius 1 is 1.47 bits per heavy atom. The maximum absolute atomic E-state index is 12.0. The summed E-state index contributed by atoms with van der Waals surface area (Å²) in [6, 6.07) is 1.59. The largest absolute Gasteiger partial charge is 0.330 e. The zero-order valence-corrected chi connectivity index (χ0v) is 11.7. The molecule has 0 aliphatic carbocycles. The van der Waals surface area contributed by atoms with E-state index < -0.39 is 10.0 Å². The Bertz CT molecular complexity index is 692. The van der Waals surface area contributed by atoms with Gasteiger partial charge in [0.1, 0.15) is 4.90 Å². The van der Waals surface area contributed by atoms with Gasteiger partial charge >= 0.3 is 0 Å². The maximum Gasteiger partial charge on any atom is 0.242 e. The molecule has 0 atom stereocenters. The van der Waals surface area contributed by atoms with Gasteiger partial charge in [0.25, 0.3) is 0 Å². The molecule has 7 nitrogen and oxygen atoms in total. The average Bonchev–Trinajstić information content (AvgIpc) is 2.65. The van der Waals surface area contributed by atoms with Gasteiger partial charge in [-0.2, -0.15) is 5.10 Å². The quantitative estimate of drug-likeness (QED) is 0.746. The molecule has 2 heterocycles. The molecular weight excluding hydrogens is 266 g/mol. The van der Waals surface area contributed by atoms with Crippen molar-refractivity contribution in [2.45, 2.75) is 18.2 Å². The van der Waals surface area contributed by atoms with Gasteiger partial charge in [-0.3, -0.25) is 4.68 Å². The van der Waals surface area contributed by atoms with Gasteiger partial charge in [-0.15, -0.1) is 0 Å². The molecule has 2 rings (SSSR count). The SMILES string of the molecule is Cc1nn(C)c2ncc(S(=O)(=O)NCCCN)cc12. The number of hydrogen-bond donors (Lipinski definition) is 2. The first-order valence-corrected chi connectivity index (χ1v) is 7.43. The van der Waals surface area contributed by atoms with Crippen LogP contribution in [0.5, 0.6) is 0 Å². The van der Waals surface area contributed by atoms with Crippen LogP contribution in [0, 0.1) is 6.92 Å². The Morgan fingerprint density at radius 3 is 2.89 bits per heavy atom. The minimum absolute atomic E-state index is 0.146. The zero-order valence-electron chi connectivity index (χ0n) is 10.9. The van der Waals surface area contributed by atoms with Crippen molar-refractivity contribution in [3.05, 3.63) is 18.0 Å². The maximum atomic E-state index is 12.0. The predicted molar refractivity (Wildman–Crippen MR) is 72.1 cm³/mol. The number of aromatic nitrogens is 3. The third-order valence-corrected chi connectivity index (χ3v) is 4.25. The molecule has 2 aromatic rings. The Hall–Kier alpha value is -1.51. The molecule has 0 aliphatic heterocycles. The highest BCUT2D eigenvalue weighted by Gasteiger charge is 2.16. The van der Waals surface area contributed by atoms with Crippen molar-refractivity contribution in [3.8, 4) is 0 Å². The lowest BCUT2D eigenvalue weighted by molar-refractivity contribution is 0.579. The highest BCUT2D eigenvalue weighted by atomic mass is 32.2. The van der Waals surface area contributed by atoms with Crippen LogP contribution in [0.25, 0.3) is 11.0 Å². The van der Waals surface area contributed by atoms with E-state index in [1.165, 1.54) is 6.20 Å². The monoisotopic (exact) mass is 283 g/mol. The summed E-state index contributed by atoms with van der Waals surface area (Å²) in [5.41, 5.74) is 6.75. The fourth-order valence-corrected chi connectivity index (χ4v) is 2.87. The van der Waals surface area contributed by atoms with E-state index >= 15 is 0 Å². The van der Waals surface area contributed by atoms with Gasteiger partial charge in [0.2, 0.25) is 10.0 Å². The summed E-state index contributed by atoms with van der Waals surface area (Å²) in [6.45, 7) is 2.59. The lowest BCUT2D eigenvalue weighted by Gasteiger charge is -2.05. The molecule has 0 saturated heterocycles. The van der Waals surface area contributed by atoms with Crippen molar-refractivity contribution >= 4 is 21.1 Å². The average molecular weight is 283 g/mol. The van der Waals surface area contributed by atoms with Gasteiger partial charge in [-0.1, -0.05) is 0 Å². The molecule has 0 fully saturated rings. The molecule has 0 bridgehead atoms. The number of fused-ring (bicyclic) bond motifs is 1. The number of nitrogens with zero attached hydrogens (tertiary/aromatic N) is 3. The molecule has 19 heavy (non-hydrogen) atoms. The van der Waals surface area contributed by atoms with Crippen LogP contribution in [0.4, 0.5) is 0 Å². The highest BCUT2D eigenvalue weighted by molar-refractivity contribution is 7.89. The highest BCUT2D eigenvalue weighted by Crippen LogP contribution is 2.19. The van der Waals surface area contributed by atoms with Gasteiger partial charge in [0.05, 0.1) is 5.69 Å². The van der Waals surface area contributed by atoms with Gasteiger partial charge in [0.15, 0.2) is 5.65 Å². The lowest BCUT2D eigenvalue weighted by atomic mass is 10.3. The summed E-state index contributed by atoms with van der Waals surface area (Å²) in [5.74, 6) is 0. The minimum atomic E-state index is -3.54. The van der Waals surface area contributed by atoms with Crippen LogP contribution in [-0.4, -0.2) is 36.3 Å². The predicted octanol–water partition coefficient (Wildman–Crippen LogP) is -0.0962. The zero-order chi connectivity index (χ0) is 14.0. The van der Waals surface area contributed by atoms with Crippen molar-refractivity contribution in [1.82, 2.24) is 19.5 Å². The normalized spacial score (nSPS) is 12.2. The number of sulfonamides is 1. The standard InChI is InChI=1S/C11H17N5O2S/c1-8-10-6-9(7-13-11(10)16(2)15-8)19(17,18)14-5-3-4-12/h6-7,14H,3-5,12H2,1-2H3. The number of nitrogens with one attached hydrogen (secondary N) is 1. The first-order valence-electron chi connectivity index (χ1n) is 5.95. The van der Waals surface area contributed by atoms with E-state index in [0.29, 0.717) is 25.2 Å². The minimum Gasteiger partial charge on any atom is -0.330 e. The summed E-state index contributed by atoms with van der Waals surface area (Å²) in [5, 5.41) is 4.95. The number of nitrogens with two attached hydrogens (primary N) is 1. The number of aryl methyl sites for hydroxylation is 2. The van der Waals surface area contributed by atoms with Gasteiger partial charge in [0, 0.05) is 25.2 Å². The molecule has 104 valence electrons.